The van der Waals surface area contributed by atoms with Gasteiger partial charge in [0.1, 0.15) is 0 Å². The summed E-state index contributed by atoms with van der Waals surface area (Å²) >= 11 is 3.26. The minimum Gasteiger partial charge on any atom is -0.566 e. The molecule has 0 heterocycles. The second kappa shape index (κ2) is 4.76. The van der Waals surface area contributed by atoms with E-state index < -0.39 is 26.1 Å². The third-order valence-corrected chi connectivity index (χ3v) is 1.37. The van der Waals surface area contributed by atoms with Crippen LogP contribution in [0.2, 0.25) is 0 Å². The molecule has 58 valence electrons. The van der Waals surface area contributed by atoms with Gasteiger partial charge in [0.25, 0.3) is 0 Å². The second-order valence-corrected chi connectivity index (χ2v) is 2.44. The van der Waals surface area contributed by atoms with E-state index in [0.29, 0.717) is 0 Å². The Morgan fingerprint density at radius 1 is 1.90 bits per heavy atom. The molecule has 2 atom stereocenters. The van der Waals surface area contributed by atoms with Crippen LogP contribution in [0.3, 0.4) is 0 Å². The Hall–Kier alpha value is -0.0000000000000000763. The predicted molar refractivity (Wildman–Crippen MR) is 33.6 cm³/mol. The highest BCUT2D eigenvalue weighted by Gasteiger charge is 2.21. The maximum Gasteiger partial charge on any atom is 0.489 e. The molecule has 0 aliphatic rings. The van der Waals surface area contributed by atoms with Crippen molar-refractivity contribution < 1.29 is 23.9 Å². The summed E-state index contributed by atoms with van der Waals surface area (Å²) in [6.45, 7) is -0.689. The zero-order chi connectivity index (χ0) is 8.15. The Labute approximate surface area is 63.4 Å². The first-order chi connectivity index (χ1) is 4.57. The Bertz CT molecular complexity index is 148. The number of rotatable bonds is 4. The maximum absolute atomic E-state index is 10.2. The van der Waals surface area contributed by atoms with E-state index in [4.69, 9.17) is 5.11 Å². The van der Waals surface area contributed by atoms with E-state index >= 15 is 0 Å². The van der Waals surface area contributed by atoms with Crippen molar-refractivity contribution in [1.82, 2.24) is 0 Å². The topological polar surface area (TPSA) is 86.7 Å². The zero-order valence-electron chi connectivity index (χ0n) is 4.76. The molecular formula is C3H5O5PS. The van der Waals surface area contributed by atoms with Crippen molar-refractivity contribution in [2.45, 2.75) is 6.10 Å². The zero-order valence-corrected chi connectivity index (χ0v) is 6.55. The quantitative estimate of drug-likeness (QED) is 0.425. The molecule has 10 heavy (non-hydrogen) atoms. The van der Waals surface area contributed by atoms with Crippen LogP contribution in [0.4, 0.5) is 0 Å². The Morgan fingerprint density at radius 2 is 2.40 bits per heavy atom. The fraction of sp³-hybridized carbons (Fsp3) is 0.667. The maximum atomic E-state index is 10.2. The van der Waals surface area contributed by atoms with Crippen molar-refractivity contribution >= 4 is 26.0 Å². The highest BCUT2D eigenvalue weighted by Crippen LogP contribution is 2.14. The number of aliphatic hydroxyl groups excluding tert-OH is 1. The predicted octanol–water partition coefficient (Wildman–Crippen LogP) is -1.16. The van der Waals surface area contributed by atoms with E-state index in [2.05, 4.69) is 17.2 Å². The minimum absolute atomic E-state index is 0.689. The number of aliphatic hydroxyl groups is 1. The van der Waals surface area contributed by atoms with Gasteiger partial charge in [0.2, 0.25) is 11.2 Å². The molecule has 7 heteroatoms. The summed E-state index contributed by atoms with van der Waals surface area (Å²) in [5, 5.41) is 7.47. The highest BCUT2D eigenvalue weighted by atomic mass is 32.1. The van der Waals surface area contributed by atoms with E-state index in [1.54, 1.807) is 0 Å². The molecule has 0 aliphatic heterocycles. The number of thiol groups is 1. The molecule has 5 nitrogen and oxygen atoms in total. The average molecular weight is 184 g/mol. The lowest BCUT2D eigenvalue weighted by Gasteiger charge is -2.00. The van der Waals surface area contributed by atoms with Crippen LogP contribution in [0.5, 0.6) is 0 Å². The van der Waals surface area contributed by atoms with Gasteiger partial charge in [0.05, 0.1) is 6.61 Å². The van der Waals surface area contributed by atoms with Gasteiger partial charge in [-0.15, -0.1) is 17.2 Å². The van der Waals surface area contributed by atoms with Crippen LogP contribution < -0.4 is 4.89 Å². The fourth-order valence-corrected chi connectivity index (χ4v) is 0.848. The van der Waals surface area contributed by atoms with E-state index in [9.17, 15) is 14.3 Å². The van der Waals surface area contributed by atoms with Gasteiger partial charge in [-0.1, -0.05) is 0 Å². The fourth-order valence-electron chi connectivity index (χ4n) is 0.260. The molecule has 0 aliphatic carbocycles. The smallest absolute Gasteiger partial charge is 0.489 e. The summed E-state index contributed by atoms with van der Waals surface area (Å²) in [4.78, 5) is 20.0. The number of carbonyl (C=O) groups excluding carboxylic acids is 1. The monoisotopic (exact) mass is 184 g/mol. The van der Waals surface area contributed by atoms with Gasteiger partial charge in [0, 0.05) is 0 Å². The summed E-state index contributed by atoms with van der Waals surface area (Å²) in [7, 11) is -3.11. The van der Waals surface area contributed by atoms with Crippen LogP contribution >= 0.6 is 20.9 Å². The molecule has 0 saturated carbocycles. The van der Waals surface area contributed by atoms with Gasteiger partial charge in [-0.25, -0.2) is 0 Å². The molecule has 2 unspecified atom stereocenters. The third kappa shape index (κ3) is 3.92. The van der Waals surface area contributed by atoms with Crippen molar-refractivity contribution in [3.05, 3.63) is 0 Å². The SMILES string of the molecule is O=C(S)C(CO)O[P+](=O)[O-]. The van der Waals surface area contributed by atoms with Crippen LogP contribution in [-0.2, 0) is 13.9 Å². The lowest BCUT2D eigenvalue weighted by molar-refractivity contribution is -0.190. The van der Waals surface area contributed by atoms with Gasteiger partial charge < -0.3 is 10.00 Å². The summed E-state index contributed by atoms with van der Waals surface area (Å²) in [6, 6.07) is 0. The van der Waals surface area contributed by atoms with Gasteiger partial charge in [0.15, 0.2) is 0 Å². The van der Waals surface area contributed by atoms with Crippen molar-refractivity contribution in [3.63, 3.8) is 0 Å². The lowest BCUT2D eigenvalue weighted by atomic mass is 10.4. The molecule has 1 N–H and O–H groups in total. The molecular weight excluding hydrogens is 179 g/mol. The molecule has 0 spiro atoms. The number of carbonyl (C=O) groups is 1. The molecule has 0 rings (SSSR count). The van der Waals surface area contributed by atoms with Crippen LogP contribution in [0.15, 0.2) is 0 Å². The first-order valence-corrected chi connectivity index (χ1v) is 3.77. The van der Waals surface area contributed by atoms with Crippen LogP contribution in [-0.4, -0.2) is 22.9 Å². The van der Waals surface area contributed by atoms with Gasteiger partial charge in [-0.2, -0.15) is 0 Å². The summed E-state index contributed by atoms with van der Waals surface area (Å²) in [6.07, 6.45) is -1.37. The van der Waals surface area contributed by atoms with Crippen molar-refractivity contribution in [1.29, 1.82) is 0 Å². The molecule has 0 aromatic carbocycles. The Morgan fingerprint density at radius 3 is 2.50 bits per heavy atom. The van der Waals surface area contributed by atoms with Gasteiger partial charge in [-0.3, -0.25) is 4.79 Å². The molecule has 0 aromatic heterocycles. The minimum atomic E-state index is -3.11. The molecule has 0 saturated heterocycles. The molecule has 0 aromatic rings. The highest BCUT2D eigenvalue weighted by molar-refractivity contribution is 7.96. The summed E-state index contributed by atoms with van der Waals surface area (Å²) < 4.78 is 13.7. The Balaban J connectivity index is 3.83. The van der Waals surface area contributed by atoms with E-state index in [1.165, 1.54) is 0 Å². The van der Waals surface area contributed by atoms with Crippen LogP contribution in [0, 0.1) is 0 Å². The van der Waals surface area contributed by atoms with Crippen molar-refractivity contribution in [2.24, 2.45) is 0 Å². The number of hydrogen-bond acceptors (Lipinski definition) is 5. The Kier molecular flexibility index (Phi) is 4.76. The molecule has 0 amide bonds. The van der Waals surface area contributed by atoms with Crippen LogP contribution in [0.1, 0.15) is 0 Å². The van der Waals surface area contributed by atoms with E-state index in [0.717, 1.165) is 0 Å². The summed E-state index contributed by atoms with van der Waals surface area (Å²) in [5.74, 6) is 0. The second-order valence-electron chi connectivity index (χ2n) is 1.34. The largest absolute Gasteiger partial charge is 0.566 e. The molecule has 0 radical (unpaired) electrons. The van der Waals surface area contributed by atoms with Gasteiger partial charge >= 0.3 is 8.25 Å². The van der Waals surface area contributed by atoms with Crippen molar-refractivity contribution in [2.75, 3.05) is 6.61 Å². The first-order valence-electron chi connectivity index (χ1n) is 2.22. The van der Waals surface area contributed by atoms with Crippen LogP contribution in [0.25, 0.3) is 0 Å². The van der Waals surface area contributed by atoms with Crippen molar-refractivity contribution in [3.8, 4) is 0 Å². The first kappa shape index (κ1) is 10.0. The number of hydrogen-bond donors (Lipinski definition) is 2. The lowest BCUT2D eigenvalue weighted by Crippen LogP contribution is -2.22. The average Bonchev–Trinajstić information content (AvgIpc) is 1.81. The standard InChI is InChI=1S/C3H5O5PS/c4-1-2(3(5)10)8-9(6)7/h2,4H,1H2,(H,5,10). The normalized spacial score (nSPS) is 14.5. The van der Waals surface area contributed by atoms with Gasteiger partial charge in [-0.05, 0) is 4.57 Å². The third-order valence-electron chi connectivity index (χ3n) is 0.655. The molecule has 0 fully saturated rings. The molecule has 0 bridgehead atoms. The van der Waals surface area contributed by atoms with E-state index in [1.807, 2.05) is 0 Å². The summed E-state index contributed by atoms with van der Waals surface area (Å²) in [5.41, 5.74) is 0. The van der Waals surface area contributed by atoms with E-state index in [-0.39, 0.29) is 0 Å².